The number of rotatable bonds is 3. The van der Waals surface area contributed by atoms with Crippen molar-refractivity contribution in [1.82, 2.24) is 9.97 Å². The smallest absolute Gasteiger partial charge is 0.159 e. The van der Waals surface area contributed by atoms with Crippen LogP contribution in [0.4, 0.5) is 0 Å². The lowest BCUT2D eigenvalue weighted by Gasteiger charge is -2.09. The Morgan fingerprint density at radius 1 is 0.750 bits per heavy atom. The monoisotopic (exact) mass is 262 g/mol. The average Bonchev–Trinajstić information content (AvgIpc) is 2.56. The molecule has 0 aliphatic heterocycles. The van der Waals surface area contributed by atoms with Gasteiger partial charge >= 0.3 is 0 Å². The van der Waals surface area contributed by atoms with Crippen molar-refractivity contribution in [2.45, 2.75) is 0 Å². The van der Waals surface area contributed by atoms with Gasteiger partial charge in [0, 0.05) is 18.0 Å². The Kier molecular flexibility index (Phi) is 3.42. The second kappa shape index (κ2) is 5.53. The lowest BCUT2D eigenvalue weighted by atomic mass is 9.99. The van der Waals surface area contributed by atoms with E-state index >= 15 is 0 Å². The van der Waals surface area contributed by atoms with Gasteiger partial charge in [-0.25, -0.2) is 9.97 Å². The van der Waals surface area contributed by atoms with Crippen molar-refractivity contribution in [1.29, 1.82) is 0 Å². The second-order valence-electron chi connectivity index (χ2n) is 4.35. The zero-order chi connectivity index (χ0) is 13.8. The predicted octanol–water partition coefficient (Wildman–Crippen LogP) is 3.82. The minimum Gasteiger partial charge on any atom is -0.497 e. The summed E-state index contributed by atoms with van der Waals surface area (Å²) in [5.74, 6) is 1.58. The van der Waals surface area contributed by atoms with E-state index in [1.54, 1.807) is 19.5 Å². The number of nitrogens with zero attached hydrogens (tertiary/aromatic N) is 2. The van der Waals surface area contributed by atoms with Crippen LogP contribution in [0, 0.1) is 0 Å². The molecule has 3 rings (SSSR count). The van der Waals surface area contributed by atoms with Crippen LogP contribution in [0.2, 0.25) is 0 Å². The first kappa shape index (κ1) is 12.4. The molecule has 0 saturated carbocycles. The lowest BCUT2D eigenvalue weighted by Crippen LogP contribution is -1.90. The maximum atomic E-state index is 5.20. The van der Waals surface area contributed by atoms with Crippen molar-refractivity contribution in [2.24, 2.45) is 0 Å². The molecule has 2 aromatic carbocycles. The van der Waals surface area contributed by atoms with Gasteiger partial charge in [0.05, 0.1) is 7.11 Å². The topological polar surface area (TPSA) is 35.0 Å². The lowest BCUT2D eigenvalue weighted by molar-refractivity contribution is 0.415. The number of benzene rings is 2. The van der Waals surface area contributed by atoms with Crippen LogP contribution in [-0.4, -0.2) is 17.1 Å². The Labute approximate surface area is 117 Å². The van der Waals surface area contributed by atoms with Gasteiger partial charge in [-0.05, 0) is 29.3 Å². The highest BCUT2D eigenvalue weighted by Gasteiger charge is 2.08. The van der Waals surface area contributed by atoms with Crippen molar-refractivity contribution < 1.29 is 4.74 Å². The van der Waals surface area contributed by atoms with Crippen LogP contribution in [0.25, 0.3) is 22.5 Å². The molecule has 0 aliphatic carbocycles. The van der Waals surface area contributed by atoms with Crippen LogP contribution in [0.3, 0.4) is 0 Å². The molecule has 0 spiro atoms. The van der Waals surface area contributed by atoms with Gasteiger partial charge in [-0.15, -0.1) is 0 Å². The number of ether oxygens (including phenoxy) is 1. The minimum atomic E-state index is 0.735. The maximum Gasteiger partial charge on any atom is 0.159 e. The van der Waals surface area contributed by atoms with Gasteiger partial charge < -0.3 is 4.74 Å². The molecular formula is C17H14N2O. The van der Waals surface area contributed by atoms with E-state index in [2.05, 4.69) is 16.0 Å². The molecule has 0 radical (unpaired) electrons. The van der Waals surface area contributed by atoms with E-state index in [1.165, 1.54) is 0 Å². The van der Waals surface area contributed by atoms with Gasteiger partial charge in [0.1, 0.15) is 5.75 Å². The molecule has 0 bridgehead atoms. The summed E-state index contributed by atoms with van der Waals surface area (Å²) in [5.41, 5.74) is 3.26. The summed E-state index contributed by atoms with van der Waals surface area (Å²) in [6, 6.07) is 17.9. The summed E-state index contributed by atoms with van der Waals surface area (Å²) in [6.07, 6.45) is 3.51. The van der Waals surface area contributed by atoms with Gasteiger partial charge in [0.25, 0.3) is 0 Å². The first-order valence-corrected chi connectivity index (χ1v) is 6.39. The van der Waals surface area contributed by atoms with Crippen LogP contribution in [0.15, 0.2) is 67.0 Å². The molecule has 3 aromatic rings. The Morgan fingerprint density at radius 2 is 1.40 bits per heavy atom. The van der Waals surface area contributed by atoms with Gasteiger partial charge in [0.15, 0.2) is 5.82 Å². The van der Waals surface area contributed by atoms with E-state index < -0.39 is 0 Å². The predicted molar refractivity (Wildman–Crippen MR) is 79.5 cm³/mol. The third kappa shape index (κ3) is 2.38. The van der Waals surface area contributed by atoms with Crippen LogP contribution >= 0.6 is 0 Å². The molecule has 98 valence electrons. The number of hydrogen-bond donors (Lipinski definition) is 0. The van der Waals surface area contributed by atoms with Crippen molar-refractivity contribution in [2.75, 3.05) is 7.11 Å². The molecule has 0 N–H and O–H groups in total. The first-order chi connectivity index (χ1) is 9.88. The zero-order valence-corrected chi connectivity index (χ0v) is 11.2. The molecule has 0 unspecified atom stereocenters. The van der Waals surface area contributed by atoms with Crippen molar-refractivity contribution in [3.8, 4) is 28.3 Å². The summed E-state index contributed by atoms with van der Waals surface area (Å²) in [5, 5.41) is 0. The fraction of sp³-hybridized carbons (Fsp3) is 0.0588. The first-order valence-electron chi connectivity index (χ1n) is 6.39. The fourth-order valence-corrected chi connectivity index (χ4v) is 2.14. The molecule has 3 heteroatoms. The normalized spacial score (nSPS) is 10.2. The Morgan fingerprint density at radius 3 is 2.05 bits per heavy atom. The summed E-state index contributed by atoms with van der Waals surface area (Å²) in [6.45, 7) is 0. The number of methoxy groups -OCH3 is 1. The highest BCUT2D eigenvalue weighted by atomic mass is 16.5. The molecule has 0 saturated heterocycles. The van der Waals surface area contributed by atoms with Gasteiger partial charge in [-0.1, -0.05) is 36.4 Å². The minimum absolute atomic E-state index is 0.735. The Balaban J connectivity index is 2.10. The molecular weight excluding hydrogens is 248 g/mol. The quantitative estimate of drug-likeness (QED) is 0.719. The molecule has 1 heterocycles. The van der Waals surface area contributed by atoms with Crippen LogP contribution in [-0.2, 0) is 0 Å². The van der Waals surface area contributed by atoms with E-state index in [0.29, 0.717) is 0 Å². The standard InChI is InChI=1S/C17H14N2O/c1-20-14-9-7-13(8-10-14)15-5-2-3-6-16(15)17-18-11-4-12-19-17/h2-12H,1H3. The average molecular weight is 262 g/mol. The van der Waals surface area contributed by atoms with Crippen molar-refractivity contribution in [3.05, 3.63) is 67.0 Å². The Hall–Kier alpha value is -2.68. The van der Waals surface area contributed by atoms with Crippen molar-refractivity contribution >= 4 is 0 Å². The van der Waals surface area contributed by atoms with E-state index in [1.807, 2.05) is 48.5 Å². The third-order valence-electron chi connectivity index (χ3n) is 3.13. The highest BCUT2D eigenvalue weighted by Crippen LogP contribution is 2.30. The highest BCUT2D eigenvalue weighted by molar-refractivity contribution is 5.80. The van der Waals surface area contributed by atoms with Gasteiger partial charge in [-0.3, -0.25) is 0 Å². The van der Waals surface area contributed by atoms with Gasteiger partial charge in [-0.2, -0.15) is 0 Å². The van der Waals surface area contributed by atoms with Gasteiger partial charge in [0.2, 0.25) is 0 Å². The third-order valence-corrected chi connectivity index (χ3v) is 3.13. The maximum absolute atomic E-state index is 5.20. The van der Waals surface area contributed by atoms with Crippen LogP contribution in [0.1, 0.15) is 0 Å². The fourth-order valence-electron chi connectivity index (χ4n) is 2.14. The molecule has 0 atom stereocenters. The summed E-state index contributed by atoms with van der Waals surface area (Å²) >= 11 is 0. The summed E-state index contributed by atoms with van der Waals surface area (Å²) in [7, 11) is 1.67. The number of hydrogen-bond acceptors (Lipinski definition) is 3. The molecule has 0 aliphatic rings. The molecule has 20 heavy (non-hydrogen) atoms. The second-order valence-corrected chi connectivity index (χ2v) is 4.35. The van der Waals surface area contributed by atoms with E-state index in [4.69, 9.17) is 4.74 Å². The molecule has 1 aromatic heterocycles. The van der Waals surface area contributed by atoms with Crippen LogP contribution in [0.5, 0.6) is 5.75 Å². The Bertz CT molecular complexity index is 694. The number of aromatic nitrogens is 2. The van der Waals surface area contributed by atoms with Crippen LogP contribution < -0.4 is 4.74 Å². The van der Waals surface area contributed by atoms with E-state index in [0.717, 1.165) is 28.3 Å². The van der Waals surface area contributed by atoms with E-state index in [-0.39, 0.29) is 0 Å². The van der Waals surface area contributed by atoms with E-state index in [9.17, 15) is 0 Å². The van der Waals surface area contributed by atoms with Crippen molar-refractivity contribution in [3.63, 3.8) is 0 Å². The molecule has 0 amide bonds. The molecule has 0 fully saturated rings. The molecule has 3 nitrogen and oxygen atoms in total. The summed E-state index contributed by atoms with van der Waals surface area (Å²) in [4.78, 5) is 8.67. The zero-order valence-electron chi connectivity index (χ0n) is 11.2. The largest absolute Gasteiger partial charge is 0.497 e. The summed E-state index contributed by atoms with van der Waals surface area (Å²) < 4.78 is 5.20. The SMILES string of the molecule is COc1ccc(-c2ccccc2-c2ncccn2)cc1.